The maximum absolute atomic E-state index is 11.8. The number of carbonyl (C=O) groups is 2. The minimum atomic E-state index is -0.723. The monoisotopic (exact) mass is 307 g/mol. The summed E-state index contributed by atoms with van der Waals surface area (Å²) in [7, 11) is 1.58. The molecule has 1 N–H and O–H groups in total. The predicted molar refractivity (Wildman–Crippen MR) is 82.7 cm³/mol. The van der Waals surface area contributed by atoms with E-state index in [0.717, 1.165) is 17.0 Å². The van der Waals surface area contributed by atoms with Crippen molar-refractivity contribution in [2.45, 2.75) is 20.8 Å². The summed E-state index contributed by atoms with van der Waals surface area (Å²) in [5, 5.41) is 2.92. The molecular weight excluding hydrogens is 286 g/mol. The quantitative estimate of drug-likeness (QED) is 0.361. The highest BCUT2D eigenvalue weighted by Crippen LogP contribution is 2.21. The molecule has 22 heavy (non-hydrogen) atoms. The van der Waals surface area contributed by atoms with Gasteiger partial charge in [-0.2, -0.15) is 0 Å². The van der Waals surface area contributed by atoms with Crippen LogP contribution in [0.4, 0.5) is 5.69 Å². The van der Waals surface area contributed by atoms with Gasteiger partial charge in [0, 0.05) is 11.9 Å². The van der Waals surface area contributed by atoms with Gasteiger partial charge in [-0.3, -0.25) is 0 Å². The van der Waals surface area contributed by atoms with E-state index >= 15 is 0 Å². The van der Waals surface area contributed by atoms with Crippen LogP contribution in [0, 0.1) is 6.92 Å². The Balaban J connectivity index is 2.97. The maximum Gasteiger partial charge on any atom is 0.347 e. The van der Waals surface area contributed by atoms with E-state index in [1.807, 2.05) is 13.0 Å². The van der Waals surface area contributed by atoms with Gasteiger partial charge in [0.15, 0.2) is 5.57 Å². The van der Waals surface area contributed by atoms with Gasteiger partial charge in [0.1, 0.15) is 5.75 Å². The van der Waals surface area contributed by atoms with Gasteiger partial charge in [0.2, 0.25) is 0 Å². The second-order valence-electron chi connectivity index (χ2n) is 4.32. The highest BCUT2D eigenvalue weighted by Gasteiger charge is 2.20. The summed E-state index contributed by atoms with van der Waals surface area (Å²) < 4.78 is 14.8. The highest BCUT2D eigenvalue weighted by atomic mass is 16.6. The topological polar surface area (TPSA) is 73.9 Å². The predicted octanol–water partition coefficient (Wildman–Crippen LogP) is 2.43. The summed E-state index contributed by atoms with van der Waals surface area (Å²) in [6.45, 7) is 5.57. The fraction of sp³-hybridized carbons (Fsp3) is 0.375. The van der Waals surface area contributed by atoms with Crippen molar-refractivity contribution >= 4 is 17.6 Å². The Kier molecular flexibility index (Phi) is 6.95. The number of hydrogen-bond acceptors (Lipinski definition) is 6. The third-order valence-electron chi connectivity index (χ3n) is 2.80. The molecule has 1 aromatic carbocycles. The number of ether oxygens (including phenoxy) is 3. The lowest BCUT2D eigenvalue weighted by molar-refractivity contribution is -0.146. The number of benzene rings is 1. The Morgan fingerprint density at radius 2 is 1.73 bits per heavy atom. The highest BCUT2D eigenvalue weighted by molar-refractivity contribution is 6.14. The van der Waals surface area contributed by atoms with Gasteiger partial charge in [-0.05, 0) is 44.5 Å². The Hall–Kier alpha value is -2.50. The Labute approximate surface area is 130 Å². The molecule has 0 atom stereocenters. The molecule has 1 aromatic rings. The molecule has 120 valence electrons. The molecule has 6 heteroatoms. The standard InChI is InChI=1S/C16H21NO5/c1-5-21-15(18)13(16(19)22-6-2)10-17-14-8-7-12(20-4)9-11(14)3/h7-10,17H,5-6H2,1-4H3. The second kappa shape index (κ2) is 8.71. The minimum absolute atomic E-state index is 0.178. The van der Waals surface area contributed by atoms with Gasteiger partial charge in [-0.15, -0.1) is 0 Å². The van der Waals surface area contributed by atoms with Crippen LogP contribution in [0.2, 0.25) is 0 Å². The summed E-state index contributed by atoms with van der Waals surface area (Å²) >= 11 is 0. The van der Waals surface area contributed by atoms with Crippen molar-refractivity contribution in [3.63, 3.8) is 0 Å². The van der Waals surface area contributed by atoms with E-state index < -0.39 is 11.9 Å². The van der Waals surface area contributed by atoms with Crippen LogP contribution in [0.5, 0.6) is 5.75 Å². The first-order chi connectivity index (χ1) is 10.5. The van der Waals surface area contributed by atoms with Crippen molar-refractivity contribution < 1.29 is 23.8 Å². The normalized spacial score (nSPS) is 9.64. The molecule has 0 saturated heterocycles. The minimum Gasteiger partial charge on any atom is -0.497 e. The van der Waals surface area contributed by atoms with Crippen molar-refractivity contribution in [3.05, 3.63) is 35.5 Å². The molecule has 0 bridgehead atoms. The van der Waals surface area contributed by atoms with Gasteiger partial charge in [0.05, 0.1) is 20.3 Å². The SMILES string of the molecule is CCOC(=O)C(=CNc1ccc(OC)cc1C)C(=O)OCC. The van der Waals surface area contributed by atoms with Crippen LogP contribution in [-0.2, 0) is 19.1 Å². The zero-order valence-electron chi connectivity index (χ0n) is 13.3. The molecular formula is C16H21NO5. The fourth-order valence-electron chi connectivity index (χ4n) is 1.69. The molecule has 0 aliphatic rings. The van der Waals surface area contributed by atoms with Crippen LogP contribution in [0.25, 0.3) is 0 Å². The Morgan fingerprint density at radius 3 is 2.18 bits per heavy atom. The van der Waals surface area contributed by atoms with Crippen LogP contribution >= 0.6 is 0 Å². The first kappa shape index (κ1) is 17.6. The molecule has 0 fully saturated rings. The molecule has 0 aliphatic heterocycles. The van der Waals surface area contributed by atoms with Crippen LogP contribution in [0.1, 0.15) is 19.4 Å². The second-order valence-corrected chi connectivity index (χ2v) is 4.32. The van der Waals surface area contributed by atoms with Crippen molar-refractivity contribution in [3.8, 4) is 5.75 Å². The lowest BCUT2D eigenvalue weighted by Gasteiger charge is -2.10. The van der Waals surface area contributed by atoms with Crippen molar-refractivity contribution in [1.82, 2.24) is 0 Å². The van der Waals surface area contributed by atoms with Gasteiger partial charge >= 0.3 is 11.9 Å². The maximum atomic E-state index is 11.8. The zero-order chi connectivity index (χ0) is 16.5. The number of rotatable bonds is 7. The summed E-state index contributed by atoms with van der Waals surface area (Å²) in [5.41, 5.74) is 1.47. The summed E-state index contributed by atoms with van der Waals surface area (Å²) in [6, 6.07) is 5.40. The molecule has 0 spiro atoms. The first-order valence-electron chi connectivity index (χ1n) is 6.99. The zero-order valence-corrected chi connectivity index (χ0v) is 13.3. The number of hydrogen-bond donors (Lipinski definition) is 1. The number of nitrogens with one attached hydrogen (secondary N) is 1. The Morgan fingerprint density at radius 1 is 1.14 bits per heavy atom. The molecule has 0 heterocycles. The van der Waals surface area contributed by atoms with Gasteiger partial charge in [0.25, 0.3) is 0 Å². The number of anilines is 1. The average molecular weight is 307 g/mol. The van der Waals surface area contributed by atoms with E-state index in [2.05, 4.69) is 5.32 Å². The fourth-order valence-corrected chi connectivity index (χ4v) is 1.69. The van der Waals surface area contributed by atoms with Crippen molar-refractivity contribution in [2.75, 3.05) is 25.6 Å². The molecule has 0 saturated carbocycles. The molecule has 0 radical (unpaired) electrons. The van der Waals surface area contributed by atoms with Crippen LogP contribution in [-0.4, -0.2) is 32.3 Å². The first-order valence-corrected chi connectivity index (χ1v) is 6.99. The lowest BCUT2D eigenvalue weighted by atomic mass is 10.2. The molecule has 6 nitrogen and oxygen atoms in total. The summed E-state index contributed by atoms with van der Waals surface area (Å²) in [6.07, 6.45) is 1.30. The summed E-state index contributed by atoms with van der Waals surface area (Å²) in [5.74, 6) is -0.720. The molecule has 0 unspecified atom stereocenters. The van der Waals surface area contributed by atoms with Crippen molar-refractivity contribution in [2.24, 2.45) is 0 Å². The van der Waals surface area contributed by atoms with E-state index in [4.69, 9.17) is 14.2 Å². The van der Waals surface area contributed by atoms with Gasteiger partial charge < -0.3 is 19.5 Å². The van der Waals surface area contributed by atoms with Gasteiger partial charge in [-0.1, -0.05) is 0 Å². The third kappa shape index (κ3) is 4.80. The average Bonchev–Trinajstić information content (AvgIpc) is 2.49. The lowest BCUT2D eigenvalue weighted by Crippen LogP contribution is -2.19. The number of esters is 2. The Bertz CT molecular complexity index is 546. The van der Waals surface area contributed by atoms with E-state index in [1.165, 1.54) is 6.20 Å². The smallest absolute Gasteiger partial charge is 0.347 e. The largest absolute Gasteiger partial charge is 0.497 e. The van der Waals surface area contributed by atoms with E-state index in [-0.39, 0.29) is 18.8 Å². The molecule has 0 aromatic heterocycles. The van der Waals surface area contributed by atoms with Crippen LogP contribution < -0.4 is 10.1 Å². The van der Waals surface area contributed by atoms with Gasteiger partial charge in [-0.25, -0.2) is 9.59 Å². The number of carbonyl (C=O) groups excluding carboxylic acids is 2. The van der Waals surface area contributed by atoms with Crippen LogP contribution in [0.3, 0.4) is 0 Å². The molecule has 0 aliphatic carbocycles. The molecule has 0 amide bonds. The number of methoxy groups -OCH3 is 1. The van der Waals surface area contributed by atoms with E-state index in [9.17, 15) is 9.59 Å². The number of aryl methyl sites for hydroxylation is 1. The molecule has 1 rings (SSSR count). The van der Waals surface area contributed by atoms with Crippen LogP contribution in [0.15, 0.2) is 30.0 Å². The third-order valence-corrected chi connectivity index (χ3v) is 2.80. The summed E-state index contributed by atoms with van der Waals surface area (Å²) in [4.78, 5) is 23.6. The van der Waals surface area contributed by atoms with Crippen molar-refractivity contribution in [1.29, 1.82) is 0 Å². The van der Waals surface area contributed by atoms with E-state index in [0.29, 0.717) is 0 Å². The van der Waals surface area contributed by atoms with E-state index in [1.54, 1.807) is 33.1 Å².